The first kappa shape index (κ1) is 20.3. The number of alkyl halides is 3. The molecule has 0 unspecified atom stereocenters. The fourth-order valence-corrected chi connectivity index (χ4v) is 6.03. The maximum absolute atomic E-state index is 13.0. The van der Waals surface area contributed by atoms with Gasteiger partial charge in [-0.1, -0.05) is 12.8 Å². The lowest BCUT2D eigenvalue weighted by Gasteiger charge is -2.34. The molecule has 0 spiro atoms. The van der Waals surface area contributed by atoms with Crippen LogP contribution in [0.5, 0.6) is 0 Å². The lowest BCUT2D eigenvalue weighted by molar-refractivity contribution is -0.140. The number of thiol groups is 1. The lowest BCUT2D eigenvalue weighted by atomic mass is 9.81. The van der Waals surface area contributed by atoms with Gasteiger partial charge in [0.25, 0.3) is 0 Å². The molecule has 0 atom stereocenters. The summed E-state index contributed by atoms with van der Waals surface area (Å²) in [5, 5.41) is 2.22. The molecule has 9 heteroatoms. The summed E-state index contributed by atoms with van der Waals surface area (Å²) in [5.74, 6) is 0.443. The molecule has 0 aromatic carbocycles. The molecule has 4 nitrogen and oxygen atoms in total. The summed E-state index contributed by atoms with van der Waals surface area (Å²) in [7, 11) is 0. The topological polar surface area (TPSA) is 34.0 Å². The third-order valence-corrected chi connectivity index (χ3v) is 7.68. The van der Waals surface area contributed by atoms with E-state index in [0.29, 0.717) is 28.2 Å². The van der Waals surface area contributed by atoms with E-state index in [9.17, 15) is 13.2 Å². The highest BCUT2D eigenvalue weighted by molar-refractivity contribution is 7.78. The molecule has 3 aromatic rings. The number of aromatic nitrogens is 3. The van der Waals surface area contributed by atoms with Gasteiger partial charge < -0.3 is 4.90 Å². The Kier molecular flexibility index (Phi) is 5.31. The first-order valence-electron chi connectivity index (χ1n) is 10.4. The summed E-state index contributed by atoms with van der Waals surface area (Å²) >= 11 is 5.41. The Morgan fingerprint density at radius 3 is 2.50 bits per heavy atom. The molecule has 1 aliphatic carbocycles. The van der Waals surface area contributed by atoms with Crippen LogP contribution in [0.3, 0.4) is 0 Å². The van der Waals surface area contributed by atoms with E-state index in [1.165, 1.54) is 38.8 Å². The number of halogens is 3. The quantitative estimate of drug-likeness (QED) is 0.496. The Bertz CT molecular complexity index is 1040. The van der Waals surface area contributed by atoms with Crippen molar-refractivity contribution in [2.75, 3.05) is 13.1 Å². The molecule has 1 saturated carbocycles. The summed E-state index contributed by atoms with van der Waals surface area (Å²) in [6.07, 6.45) is 6.45. The van der Waals surface area contributed by atoms with Gasteiger partial charge in [0.15, 0.2) is 5.69 Å². The molecule has 2 aliphatic rings. The first-order valence-corrected chi connectivity index (χ1v) is 11.7. The van der Waals surface area contributed by atoms with Gasteiger partial charge in [0.1, 0.15) is 10.7 Å². The van der Waals surface area contributed by atoms with E-state index >= 15 is 0 Å². The molecule has 2 fully saturated rings. The van der Waals surface area contributed by atoms with Crippen molar-refractivity contribution in [1.82, 2.24) is 18.8 Å². The molecule has 0 bridgehead atoms. The van der Waals surface area contributed by atoms with Crippen LogP contribution in [0.1, 0.15) is 55.7 Å². The lowest BCUT2D eigenvalue weighted by Crippen LogP contribution is -2.35. The van der Waals surface area contributed by atoms with Crippen molar-refractivity contribution in [3.8, 4) is 10.6 Å². The number of thiazole rings is 1. The molecule has 160 valence electrons. The van der Waals surface area contributed by atoms with Crippen molar-refractivity contribution in [2.24, 2.45) is 0 Å². The highest BCUT2D eigenvalue weighted by atomic mass is 32.1. The van der Waals surface area contributed by atoms with Crippen LogP contribution in [0.2, 0.25) is 0 Å². The van der Waals surface area contributed by atoms with Crippen molar-refractivity contribution in [2.45, 2.75) is 56.7 Å². The molecule has 1 saturated heterocycles. The molecule has 0 radical (unpaired) electrons. The molecule has 0 amide bonds. The number of likely N-dealkylation sites (tertiary alicyclic amines) is 1. The summed E-state index contributed by atoms with van der Waals surface area (Å²) in [6.45, 7) is 2.46. The maximum Gasteiger partial charge on any atom is 0.434 e. The van der Waals surface area contributed by atoms with Crippen molar-refractivity contribution >= 4 is 35.2 Å². The van der Waals surface area contributed by atoms with Gasteiger partial charge >= 0.3 is 6.18 Å². The van der Waals surface area contributed by atoms with Crippen LogP contribution in [-0.2, 0) is 6.18 Å². The predicted octanol–water partition coefficient (Wildman–Crippen LogP) is 5.99. The Balaban J connectivity index is 1.41. The Hall–Kier alpha value is -1.58. The fraction of sp³-hybridized carbons (Fsp3) is 0.524. The van der Waals surface area contributed by atoms with E-state index in [1.807, 2.05) is 6.20 Å². The largest absolute Gasteiger partial charge is 0.434 e. The minimum absolute atomic E-state index is 0.344. The highest BCUT2D eigenvalue weighted by Gasteiger charge is 2.34. The monoisotopic (exact) mass is 452 g/mol. The molecule has 30 heavy (non-hydrogen) atoms. The summed E-state index contributed by atoms with van der Waals surface area (Å²) < 4.78 is 40.5. The standard InChI is InChI=1S/C21H23F3N4S2/c22-21(23,24)18-12-30-20(26-18)17-11-28(29)19-16(17)9-14(10-25-19)13-3-5-15(6-4-13)27-7-1-2-8-27/h9-13,15,29H,1-8H2. The zero-order valence-corrected chi connectivity index (χ0v) is 18.1. The number of nitrogens with zero attached hydrogens (tertiary/aromatic N) is 4. The van der Waals surface area contributed by atoms with Crippen molar-refractivity contribution in [3.05, 3.63) is 35.1 Å². The maximum atomic E-state index is 13.0. The van der Waals surface area contributed by atoms with Crippen LogP contribution in [0.4, 0.5) is 13.2 Å². The van der Waals surface area contributed by atoms with Gasteiger partial charge in [0.2, 0.25) is 0 Å². The van der Waals surface area contributed by atoms with E-state index in [4.69, 9.17) is 0 Å². The smallest absolute Gasteiger partial charge is 0.300 e. The summed E-state index contributed by atoms with van der Waals surface area (Å²) in [5.41, 5.74) is 1.61. The predicted molar refractivity (Wildman–Crippen MR) is 116 cm³/mol. The van der Waals surface area contributed by atoms with E-state index in [1.54, 1.807) is 10.2 Å². The van der Waals surface area contributed by atoms with Gasteiger partial charge in [0, 0.05) is 34.8 Å². The minimum atomic E-state index is -4.44. The second-order valence-corrected chi connectivity index (χ2v) is 9.60. The molecule has 4 heterocycles. The Labute approximate surface area is 182 Å². The first-order chi connectivity index (χ1) is 14.4. The molecule has 0 N–H and O–H groups in total. The molecular formula is C21H23F3N4S2. The van der Waals surface area contributed by atoms with E-state index in [0.717, 1.165) is 40.5 Å². The van der Waals surface area contributed by atoms with Gasteiger partial charge in [-0.05, 0) is 69.2 Å². The average molecular weight is 453 g/mol. The van der Waals surface area contributed by atoms with E-state index < -0.39 is 11.9 Å². The van der Waals surface area contributed by atoms with Gasteiger partial charge in [-0.2, -0.15) is 13.2 Å². The third kappa shape index (κ3) is 3.76. The average Bonchev–Trinajstić information content (AvgIpc) is 3.48. The van der Waals surface area contributed by atoms with Gasteiger partial charge in [0.05, 0.1) is 0 Å². The van der Waals surface area contributed by atoms with Crippen LogP contribution in [0, 0.1) is 0 Å². The summed E-state index contributed by atoms with van der Waals surface area (Å²) in [6, 6.07) is 2.78. The zero-order valence-electron chi connectivity index (χ0n) is 16.4. The number of fused-ring (bicyclic) bond motifs is 1. The zero-order chi connectivity index (χ0) is 20.9. The van der Waals surface area contributed by atoms with Crippen LogP contribution in [-0.4, -0.2) is 38.0 Å². The van der Waals surface area contributed by atoms with Crippen molar-refractivity contribution in [3.63, 3.8) is 0 Å². The fourth-order valence-electron chi connectivity index (χ4n) is 4.91. The number of hydrogen-bond acceptors (Lipinski definition) is 5. The van der Waals surface area contributed by atoms with Crippen LogP contribution >= 0.6 is 24.2 Å². The highest BCUT2D eigenvalue weighted by Crippen LogP contribution is 2.40. The van der Waals surface area contributed by atoms with Gasteiger partial charge in [-0.3, -0.25) is 3.97 Å². The van der Waals surface area contributed by atoms with E-state index in [2.05, 4.69) is 33.7 Å². The number of pyridine rings is 1. The normalized spacial score (nSPS) is 23.5. The Morgan fingerprint density at radius 1 is 1.10 bits per heavy atom. The van der Waals surface area contributed by atoms with Crippen LogP contribution < -0.4 is 0 Å². The van der Waals surface area contributed by atoms with Gasteiger partial charge in [-0.15, -0.1) is 11.3 Å². The van der Waals surface area contributed by atoms with Crippen LogP contribution in [0.25, 0.3) is 21.6 Å². The third-order valence-electron chi connectivity index (χ3n) is 6.50. The molecular weight excluding hydrogens is 429 g/mol. The van der Waals surface area contributed by atoms with Gasteiger partial charge in [-0.25, -0.2) is 9.97 Å². The molecule has 3 aromatic heterocycles. The second kappa shape index (κ2) is 7.84. The number of rotatable bonds is 3. The van der Waals surface area contributed by atoms with Crippen molar-refractivity contribution in [1.29, 1.82) is 0 Å². The van der Waals surface area contributed by atoms with E-state index in [-0.39, 0.29) is 0 Å². The van der Waals surface area contributed by atoms with Crippen molar-refractivity contribution < 1.29 is 13.2 Å². The van der Waals surface area contributed by atoms with Crippen LogP contribution in [0.15, 0.2) is 23.8 Å². The second-order valence-electron chi connectivity index (χ2n) is 8.31. The Morgan fingerprint density at radius 2 is 1.83 bits per heavy atom. The SMILES string of the molecule is FC(F)(F)c1csc(-c2cn(S)c3ncc(C4CCC(N5CCCC5)CC4)cc23)n1. The summed E-state index contributed by atoms with van der Waals surface area (Å²) in [4.78, 5) is 11.0. The minimum Gasteiger partial charge on any atom is -0.300 e. The molecule has 1 aliphatic heterocycles. The molecule has 5 rings (SSSR count). The number of hydrogen-bond donors (Lipinski definition) is 1.